The summed E-state index contributed by atoms with van der Waals surface area (Å²) in [6, 6.07) is 10.3. The third kappa shape index (κ3) is 6.05. The van der Waals surface area contributed by atoms with Crippen LogP contribution in [-0.4, -0.2) is 5.08 Å². The van der Waals surface area contributed by atoms with Crippen LogP contribution in [0.15, 0.2) is 30.3 Å². The third-order valence-electron chi connectivity index (χ3n) is 0.940. The fraction of sp³-hybridized carbons (Fsp3) is 0.250. The largest absolute Gasteiger partial charge is 0.169 e. The van der Waals surface area contributed by atoms with Crippen LogP contribution in [0.4, 0.5) is 0 Å². The quantitative estimate of drug-likeness (QED) is 0.436. The lowest BCUT2D eigenvalue weighted by molar-refractivity contribution is 1.48. The Kier molecular flexibility index (Phi) is 6.98. The Hall–Kier alpha value is -0.0800. The van der Waals surface area contributed by atoms with Crippen molar-refractivity contribution < 1.29 is 0 Å². The molecule has 1 rings (SSSR count). The summed E-state index contributed by atoms with van der Waals surface area (Å²) in [7, 11) is 0. The van der Waals surface area contributed by atoms with E-state index in [2.05, 4.69) is 44.3 Å². The van der Waals surface area contributed by atoms with Gasteiger partial charge in [-0.15, -0.1) is 0 Å². The Bertz CT molecular complexity index is 149. The van der Waals surface area contributed by atoms with Crippen LogP contribution in [-0.2, 0) is 0 Å². The first-order chi connectivity index (χ1) is 4.81. The summed E-state index contributed by atoms with van der Waals surface area (Å²) < 4.78 is 0. The van der Waals surface area contributed by atoms with Crippen molar-refractivity contribution in [1.29, 1.82) is 0 Å². The van der Waals surface area contributed by atoms with Gasteiger partial charge in [-0.2, -0.15) is 25.3 Å². The van der Waals surface area contributed by atoms with E-state index in [0.717, 1.165) is 0 Å². The van der Waals surface area contributed by atoms with Crippen molar-refractivity contribution in [2.75, 3.05) is 5.08 Å². The number of aryl methyl sites for hydroxylation is 1. The van der Waals surface area contributed by atoms with Gasteiger partial charge in [0.15, 0.2) is 0 Å². The molecule has 0 amide bonds. The number of rotatable bonds is 0. The fourth-order valence-electron chi connectivity index (χ4n) is 0.534. The van der Waals surface area contributed by atoms with Crippen molar-refractivity contribution in [1.82, 2.24) is 0 Å². The molecule has 10 heavy (non-hydrogen) atoms. The van der Waals surface area contributed by atoms with Crippen LogP contribution in [0.25, 0.3) is 0 Å². The van der Waals surface area contributed by atoms with Crippen molar-refractivity contribution >= 4 is 25.3 Å². The SMILES string of the molecule is Cc1ccccc1.SCS. The van der Waals surface area contributed by atoms with Gasteiger partial charge in [0.05, 0.1) is 0 Å². The second-order valence-corrected chi connectivity index (χ2v) is 2.93. The molecule has 0 heterocycles. The Morgan fingerprint density at radius 1 is 1.10 bits per heavy atom. The van der Waals surface area contributed by atoms with Crippen molar-refractivity contribution in [3.63, 3.8) is 0 Å². The van der Waals surface area contributed by atoms with Crippen LogP contribution in [0.2, 0.25) is 0 Å². The molecule has 0 saturated carbocycles. The van der Waals surface area contributed by atoms with E-state index in [-0.39, 0.29) is 0 Å². The van der Waals surface area contributed by atoms with Gasteiger partial charge < -0.3 is 0 Å². The molecule has 0 radical (unpaired) electrons. The molecule has 56 valence electrons. The monoisotopic (exact) mass is 172 g/mol. The van der Waals surface area contributed by atoms with Crippen LogP contribution in [0.3, 0.4) is 0 Å². The molecule has 1 aromatic carbocycles. The molecule has 1 aromatic rings. The lowest BCUT2D eigenvalue weighted by atomic mass is 10.2. The molecule has 0 unspecified atom stereocenters. The minimum Gasteiger partial charge on any atom is -0.169 e. The second-order valence-electron chi connectivity index (χ2n) is 1.80. The zero-order valence-corrected chi connectivity index (χ0v) is 7.78. The summed E-state index contributed by atoms with van der Waals surface area (Å²) in [5.74, 6) is 0. The van der Waals surface area contributed by atoms with Crippen LogP contribution in [0, 0.1) is 6.92 Å². The summed E-state index contributed by atoms with van der Waals surface area (Å²) in [6.07, 6.45) is 0. The molecule has 0 fully saturated rings. The number of benzene rings is 1. The van der Waals surface area contributed by atoms with Gasteiger partial charge in [-0.3, -0.25) is 0 Å². The van der Waals surface area contributed by atoms with Gasteiger partial charge >= 0.3 is 0 Å². The molecule has 0 saturated heterocycles. The molecule has 0 N–H and O–H groups in total. The number of thiol groups is 2. The molecule has 0 atom stereocenters. The molecule has 0 aliphatic heterocycles. The van der Waals surface area contributed by atoms with E-state index < -0.39 is 0 Å². The highest BCUT2D eigenvalue weighted by Crippen LogP contribution is 1.92. The van der Waals surface area contributed by atoms with Crippen LogP contribution >= 0.6 is 25.3 Å². The predicted molar refractivity (Wildman–Crippen MR) is 54.0 cm³/mol. The van der Waals surface area contributed by atoms with E-state index in [0.29, 0.717) is 5.08 Å². The topological polar surface area (TPSA) is 0 Å². The molecule has 0 aromatic heterocycles. The standard InChI is InChI=1S/C7H8.CH4S2/c1-7-5-3-2-4-6-7;2-1-3/h2-6H,1H3;2-3H,1H2. The summed E-state index contributed by atoms with van der Waals surface area (Å²) in [4.78, 5) is 0. The molecule has 0 aliphatic rings. The van der Waals surface area contributed by atoms with E-state index in [1.807, 2.05) is 18.2 Å². The summed E-state index contributed by atoms with van der Waals surface area (Å²) in [5, 5.41) is 0.639. The second kappa shape index (κ2) is 7.03. The van der Waals surface area contributed by atoms with Crippen LogP contribution in [0.5, 0.6) is 0 Å². The number of hydrogen-bond donors (Lipinski definition) is 2. The highest BCUT2D eigenvalue weighted by Gasteiger charge is 1.72. The third-order valence-corrected chi connectivity index (χ3v) is 0.940. The first kappa shape index (κ1) is 9.92. The number of hydrogen-bond acceptors (Lipinski definition) is 2. The maximum atomic E-state index is 3.65. The van der Waals surface area contributed by atoms with E-state index in [4.69, 9.17) is 0 Å². The Balaban J connectivity index is 0.000000236. The average Bonchev–Trinajstić information content (AvgIpc) is 1.91. The lowest BCUT2D eigenvalue weighted by Crippen LogP contribution is -1.62. The van der Waals surface area contributed by atoms with Gasteiger partial charge in [-0.1, -0.05) is 35.9 Å². The fourth-order valence-corrected chi connectivity index (χ4v) is 0.534. The van der Waals surface area contributed by atoms with E-state index in [1.165, 1.54) is 5.56 Å². The van der Waals surface area contributed by atoms with Gasteiger partial charge in [-0.25, -0.2) is 0 Å². The van der Waals surface area contributed by atoms with Crippen molar-refractivity contribution in [2.45, 2.75) is 6.92 Å². The smallest absolute Gasteiger partial charge is 0.0331 e. The van der Waals surface area contributed by atoms with Crippen LogP contribution in [0.1, 0.15) is 5.56 Å². The first-order valence-corrected chi connectivity index (χ1v) is 4.31. The highest BCUT2D eigenvalue weighted by atomic mass is 32.2. The zero-order valence-electron chi connectivity index (χ0n) is 5.99. The molecule has 0 nitrogen and oxygen atoms in total. The van der Waals surface area contributed by atoms with Crippen LogP contribution < -0.4 is 0 Å². The molecular weight excluding hydrogens is 160 g/mol. The van der Waals surface area contributed by atoms with Crippen molar-refractivity contribution in [2.24, 2.45) is 0 Å². The minimum atomic E-state index is 0.639. The Morgan fingerprint density at radius 3 is 1.70 bits per heavy atom. The lowest BCUT2D eigenvalue weighted by Gasteiger charge is -1.82. The predicted octanol–water partition coefficient (Wildman–Crippen LogP) is 2.80. The molecular formula is C8H12S2. The Morgan fingerprint density at radius 2 is 1.50 bits per heavy atom. The maximum absolute atomic E-state index is 3.65. The van der Waals surface area contributed by atoms with E-state index in [1.54, 1.807) is 0 Å². The Labute approximate surface area is 73.5 Å². The average molecular weight is 172 g/mol. The normalized spacial score (nSPS) is 7.90. The van der Waals surface area contributed by atoms with E-state index >= 15 is 0 Å². The van der Waals surface area contributed by atoms with E-state index in [9.17, 15) is 0 Å². The summed E-state index contributed by atoms with van der Waals surface area (Å²) >= 11 is 7.31. The summed E-state index contributed by atoms with van der Waals surface area (Å²) in [5.41, 5.74) is 1.32. The summed E-state index contributed by atoms with van der Waals surface area (Å²) in [6.45, 7) is 2.08. The van der Waals surface area contributed by atoms with Gasteiger partial charge in [0.25, 0.3) is 0 Å². The molecule has 2 heteroatoms. The molecule has 0 spiro atoms. The van der Waals surface area contributed by atoms with Gasteiger partial charge in [0.1, 0.15) is 0 Å². The highest BCUT2D eigenvalue weighted by molar-refractivity contribution is 7.98. The minimum absolute atomic E-state index is 0.639. The first-order valence-electron chi connectivity index (χ1n) is 3.04. The van der Waals surface area contributed by atoms with Crippen molar-refractivity contribution in [3.05, 3.63) is 35.9 Å². The zero-order chi connectivity index (χ0) is 7.82. The van der Waals surface area contributed by atoms with Gasteiger partial charge in [0, 0.05) is 5.08 Å². The molecule has 0 aliphatic carbocycles. The maximum Gasteiger partial charge on any atom is 0.0331 e. The van der Waals surface area contributed by atoms with Gasteiger partial charge in [0.2, 0.25) is 0 Å². The van der Waals surface area contributed by atoms with Crippen molar-refractivity contribution in [3.8, 4) is 0 Å². The van der Waals surface area contributed by atoms with Gasteiger partial charge in [-0.05, 0) is 6.92 Å². The molecule has 0 bridgehead atoms.